The van der Waals surface area contributed by atoms with Crippen molar-refractivity contribution >= 4 is 5.97 Å². The summed E-state index contributed by atoms with van der Waals surface area (Å²) in [7, 11) is 0. The lowest BCUT2D eigenvalue weighted by molar-refractivity contribution is -0.209. The number of carbonyl (C=O) groups is 1. The zero-order valence-electron chi connectivity index (χ0n) is 9.05. The number of para-hydroxylation sites is 1. The molecule has 0 amide bonds. The Morgan fingerprint density at radius 2 is 2.06 bits per heavy atom. The van der Waals surface area contributed by atoms with Gasteiger partial charge in [0, 0.05) is 12.0 Å². The van der Waals surface area contributed by atoms with E-state index in [1.807, 2.05) is 6.07 Å². The van der Waals surface area contributed by atoms with Crippen molar-refractivity contribution in [3.8, 4) is 5.75 Å². The van der Waals surface area contributed by atoms with E-state index in [1.165, 1.54) is 0 Å². The minimum atomic E-state index is -0.676. The van der Waals surface area contributed by atoms with Gasteiger partial charge in [-0.1, -0.05) is 24.8 Å². The number of hydrogen-bond donors (Lipinski definition) is 1. The third kappa shape index (κ3) is 4.14. The first-order valence-electron chi connectivity index (χ1n) is 4.89. The van der Waals surface area contributed by atoms with E-state index in [4.69, 9.17) is 9.99 Å². The highest BCUT2D eigenvalue weighted by molar-refractivity contribution is 5.87. The van der Waals surface area contributed by atoms with Crippen LogP contribution in [0.5, 0.6) is 5.75 Å². The molecule has 1 aromatic carbocycles. The molecule has 16 heavy (non-hydrogen) atoms. The number of aliphatic hydroxyl groups excluding tert-OH is 1. The van der Waals surface area contributed by atoms with Gasteiger partial charge in [0.05, 0.1) is 6.10 Å². The monoisotopic (exact) mass is 222 g/mol. The number of hydrogen-bond acceptors (Lipinski definition) is 4. The molecule has 0 spiro atoms. The molecule has 1 N–H and O–H groups in total. The van der Waals surface area contributed by atoms with Crippen molar-refractivity contribution in [1.82, 2.24) is 0 Å². The van der Waals surface area contributed by atoms with Crippen LogP contribution in [0.1, 0.15) is 13.3 Å². The summed E-state index contributed by atoms with van der Waals surface area (Å²) in [6, 6.07) is 8.65. The van der Waals surface area contributed by atoms with Crippen LogP contribution in [0.2, 0.25) is 0 Å². The van der Waals surface area contributed by atoms with Crippen molar-refractivity contribution < 1.29 is 19.7 Å². The van der Waals surface area contributed by atoms with Gasteiger partial charge in [-0.15, -0.1) is 0 Å². The maximum atomic E-state index is 11.3. The fourth-order valence-corrected chi connectivity index (χ4v) is 1.06. The molecule has 4 nitrogen and oxygen atoms in total. The summed E-state index contributed by atoms with van der Waals surface area (Å²) in [4.78, 5) is 20.6. The van der Waals surface area contributed by atoms with Gasteiger partial charge in [-0.25, -0.2) is 9.68 Å². The molecule has 0 saturated heterocycles. The maximum absolute atomic E-state index is 11.3. The summed E-state index contributed by atoms with van der Waals surface area (Å²) in [5.41, 5.74) is 0.172. The number of rotatable bonds is 5. The summed E-state index contributed by atoms with van der Waals surface area (Å²) in [6.07, 6.45) is -0.464. The summed E-state index contributed by atoms with van der Waals surface area (Å²) >= 11 is 0. The van der Waals surface area contributed by atoms with E-state index in [0.717, 1.165) is 0 Å². The zero-order valence-corrected chi connectivity index (χ0v) is 9.05. The highest BCUT2D eigenvalue weighted by atomic mass is 17.2. The second-order valence-electron chi connectivity index (χ2n) is 3.42. The smallest absolute Gasteiger partial charge is 0.381 e. The van der Waals surface area contributed by atoms with Gasteiger partial charge in [0.25, 0.3) is 0 Å². The molecule has 1 rings (SSSR count). The zero-order chi connectivity index (χ0) is 12.0. The molecule has 1 aromatic rings. The molecule has 0 heterocycles. The summed E-state index contributed by atoms with van der Waals surface area (Å²) in [5.74, 6) is -0.245. The molecule has 1 unspecified atom stereocenters. The Morgan fingerprint density at radius 3 is 2.62 bits per heavy atom. The molecular formula is C12H14O4. The van der Waals surface area contributed by atoms with Crippen LogP contribution in [-0.2, 0) is 9.68 Å². The number of benzene rings is 1. The van der Waals surface area contributed by atoms with Crippen LogP contribution in [-0.4, -0.2) is 17.2 Å². The average molecular weight is 222 g/mol. The Bertz CT molecular complexity index is 357. The van der Waals surface area contributed by atoms with Crippen LogP contribution in [0, 0.1) is 0 Å². The molecule has 4 heteroatoms. The van der Waals surface area contributed by atoms with Crippen molar-refractivity contribution in [3.05, 3.63) is 42.5 Å². The second-order valence-corrected chi connectivity index (χ2v) is 3.42. The van der Waals surface area contributed by atoms with Gasteiger partial charge in [0.1, 0.15) is 0 Å². The molecule has 1 atom stereocenters. The lowest BCUT2D eigenvalue weighted by Crippen LogP contribution is -2.13. The summed E-state index contributed by atoms with van der Waals surface area (Å²) in [6.45, 7) is 5.06. The van der Waals surface area contributed by atoms with Crippen molar-refractivity contribution in [2.24, 2.45) is 0 Å². The average Bonchev–Trinajstić information content (AvgIpc) is 2.26. The van der Waals surface area contributed by atoms with Gasteiger partial charge in [0.15, 0.2) is 5.75 Å². The minimum absolute atomic E-state index is 0.164. The fraction of sp³-hybridized carbons (Fsp3) is 0.250. The van der Waals surface area contributed by atoms with E-state index in [9.17, 15) is 4.79 Å². The fourth-order valence-electron chi connectivity index (χ4n) is 1.06. The molecule has 0 fully saturated rings. The van der Waals surface area contributed by atoms with E-state index in [0.29, 0.717) is 5.75 Å². The van der Waals surface area contributed by atoms with Crippen LogP contribution in [0.3, 0.4) is 0 Å². The first-order chi connectivity index (χ1) is 7.59. The Balaban J connectivity index is 2.38. The SMILES string of the molecule is C=C(CC(C)O)C(=O)OOc1ccccc1. The second kappa shape index (κ2) is 5.92. The van der Waals surface area contributed by atoms with E-state index < -0.39 is 12.1 Å². The number of carbonyl (C=O) groups excluding carboxylic acids is 1. The van der Waals surface area contributed by atoms with Gasteiger partial charge in [0.2, 0.25) is 0 Å². The Labute approximate surface area is 94.0 Å². The predicted molar refractivity (Wildman–Crippen MR) is 58.6 cm³/mol. The number of aliphatic hydroxyl groups is 1. The molecule has 0 bridgehead atoms. The lowest BCUT2D eigenvalue weighted by atomic mass is 10.1. The standard InChI is InChI=1S/C12H14O4/c1-9(8-10(2)13)12(14)16-15-11-6-4-3-5-7-11/h3-7,10,13H,1,8H2,2H3. The van der Waals surface area contributed by atoms with Gasteiger partial charge >= 0.3 is 5.97 Å². The molecule has 0 aromatic heterocycles. The van der Waals surface area contributed by atoms with Crippen molar-refractivity contribution in [2.45, 2.75) is 19.4 Å². The molecule has 0 aliphatic carbocycles. The highest BCUT2D eigenvalue weighted by Crippen LogP contribution is 2.11. The normalized spacial score (nSPS) is 11.6. The Morgan fingerprint density at radius 1 is 1.44 bits per heavy atom. The highest BCUT2D eigenvalue weighted by Gasteiger charge is 2.12. The van der Waals surface area contributed by atoms with Crippen LogP contribution in [0.25, 0.3) is 0 Å². The quantitative estimate of drug-likeness (QED) is 0.469. The molecular weight excluding hydrogens is 208 g/mol. The van der Waals surface area contributed by atoms with Gasteiger partial charge in [-0.3, -0.25) is 4.89 Å². The van der Waals surface area contributed by atoms with E-state index in [2.05, 4.69) is 11.5 Å². The predicted octanol–water partition coefficient (Wildman–Crippen LogP) is 1.85. The minimum Gasteiger partial charge on any atom is -0.393 e. The van der Waals surface area contributed by atoms with Crippen LogP contribution in [0.15, 0.2) is 42.5 Å². The lowest BCUT2D eigenvalue weighted by Gasteiger charge is -2.07. The summed E-state index contributed by atoms with van der Waals surface area (Å²) < 4.78 is 0. The first kappa shape index (κ1) is 12.3. The van der Waals surface area contributed by atoms with Crippen LogP contribution in [0.4, 0.5) is 0 Å². The van der Waals surface area contributed by atoms with Gasteiger partial charge in [-0.2, -0.15) is 0 Å². The topological polar surface area (TPSA) is 55.8 Å². The Kier molecular flexibility index (Phi) is 4.54. The third-order valence-corrected chi connectivity index (χ3v) is 1.79. The molecule has 0 aliphatic heterocycles. The molecule has 0 aliphatic rings. The largest absolute Gasteiger partial charge is 0.393 e. The third-order valence-electron chi connectivity index (χ3n) is 1.79. The molecule has 0 saturated carbocycles. The van der Waals surface area contributed by atoms with Crippen molar-refractivity contribution in [1.29, 1.82) is 0 Å². The first-order valence-corrected chi connectivity index (χ1v) is 4.89. The van der Waals surface area contributed by atoms with E-state index >= 15 is 0 Å². The van der Waals surface area contributed by atoms with Gasteiger partial charge < -0.3 is 5.11 Å². The van der Waals surface area contributed by atoms with Crippen LogP contribution >= 0.6 is 0 Å². The van der Waals surface area contributed by atoms with Crippen LogP contribution < -0.4 is 4.89 Å². The van der Waals surface area contributed by atoms with Crippen molar-refractivity contribution in [2.75, 3.05) is 0 Å². The van der Waals surface area contributed by atoms with E-state index in [-0.39, 0.29) is 12.0 Å². The summed E-state index contributed by atoms with van der Waals surface area (Å²) in [5, 5.41) is 9.05. The Hall–Kier alpha value is -1.81. The molecule has 86 valence electrons. The maximum Gasteiger partial charge on any atom is 0.381 e. The van der Waals surface area contributed by atoms with Crippen molar-refractivity contribution in [3.63, 3.8) is 0 Å². The van der Waals surface area contributed by atoms with E-state index in [1.54, 1.807) is 31.2 Å². The van der Waals surface area contributed by atoms with Gasteiger partial charge in [-0.05, 0) is 19.1 Å². The molecule has 0 radical (unpaired) electrons.